The molecule has 1 aliphatic carbocycles. The first-order valence-corrected chi connectivity index (χ1v) is 7.89. The van der Waals surface area contributed by atoms with Gasteiger partial charge in [0.1, 0.15) is 22.3 Å². The van der Waals surface area contributed by atoms with Crippen molar-refractivity contribution in [3.05, 3.63) is 29.6 Å². The molecule has 1 fully saturated rings. The molecule has 0 spiro atoms. The van der Waals surface area contributed by atoms with Crippen LogP contribution >= 0.6 is 0 Å². The zero-order valence-corrected chi connectivity index (χ0v) is 11.7. The highest BCUT2D eigenvalue weighted by atomic mass is 32.2. The minimum atomic E-state index is -3.90. The minimum Gasteiger partial charge on any atom is -0.328 e. The first kappa shape index (κ1) is 14.9. The second-order valence-corrected chi connectivity index (χ2v) is 6.64. The van der Waals surface area contributed by atoms with Gasteiger partial charge in [-0.2, -0.15) is 5.26 Å². The minimum absolute atomic E-state index is 0.111. The molecule has 2 rings (SSSR count). The summed E-state index contributed by atoms with van der Waals surface area (Å²) < 4.78 is 40.5. The largest absolute Gasteiger partial charge is 0.328 e. The van der Waals surface area contributed by atoms with E-state index in [4.69, 9.17) is 11.0 Å². The summed E-state index contributed by atoms with van der Waals surface area (Å²) in [5, 5.41) is 8.90. The fourth-order valence-corrected chi connectivity index (χ4v) is 3.83. The summed E-state index contributed by atoms with van der Waals surface area (Å²) in [6, 6.07) is 5.08. The van der Waals surface area contributed by atoms with Gasteiger partial charge >= 0.3 is 0 Å². The third-order valence-corrected chi connectivity index (χ3v) is 5.03. The number of hydrogen-bond acceptors (Lipinski definition) is 4. The van der Waals surface area contributed by atoms with E-state index >= 15 is 0 Å². The Bertz CT molecular complexity index is 632. The monoisotopic (exact) mass is 297 g/mol. The van der Waals surface area contributed by atoms with E-state index in [-0.39, 0.29) is 17.0 Å². The van der Waals surface area contributed by atoms with E-state index in [1.807, 2.05) is 0 Å². The van der Waals surface area contributed by atoms with Crippen molar-refractivity contribution >= 4 is 10.0 Å². The van der Waals surface area contributed by atoms with Gasteiger partial charge in [0.15, 0.2) is 0 Å². The lowest BCUT2D eigenvalue weighted by Crippen LogP contribution is -2.40. The molecule has 0 atom stereocenters. The van der Waals surface area contributed by atoms with Crippen molar-refractivity contribution in [2.45, 2.75) is 42.7 Å². The molecule has 0 unspecified atom stereocenters. The molecule has 0 aromatic heterocycles. The number of benzene rings is 1. The lowest BCUT2D eigenvalue weighted by atomic mass is 9.93. The highest BCUT2D eigenvalue weighted by Gasteiger charge is 2.27. The fraction of sp³-hybridized carbons (Fsp3) is 0.462. The van der Waals surface area contributed by atoms with Crippen molar-refractivity contribution in [1.82, 2.24) is 4.72 Å². The van der Waals surface area contributed by atoms with E-state index in [1.54, 1.807) is 6.07 Å². The third-order valence-electron chi connectivity index (χ3n) is 3.47. The van der Waals surface area contributed by atoms with Crippen molar-refractivity contribution in [2.75, 3.05) is 0 Å². The smallest absolute Gasteiger partial charge is 0.242 e. The Morgan fingerprint density at radius 1 is 1.30 bits per heavy atom. The zero-order chi connectivity index (χ0) is 14.8. The van der Waals surface area contributed by atoms with Gasteiger partial charge in [0.25, 0.3) is 0 Å². The van der Waals surface area contributed by atoms with E-state index < -0.39 is 21.4 Å². The van der Waals surface area contributed by atoms with Gasteiger partial charge < -0.3 is 5.73 Å². The van der Waals surface area contributed by atoms with E-state index in [9.17, 15) is 12.8 Å². The Balaban J connectivity index is 2.23. The Hall–Kier alpha value is -1.49. The number of nitrogens with two attached hydrogens (primary N) is 1. The van der Waals surface area contributed by atoms with Gasteiger partial charge in [0.05, 0.1) is 0 Å². The quantitative estimate of drug-likeness (QED) is 0.877. The highest BCUT2D eigenvalue weighted by molar-refractivity contribution is 7.89. The van der Waals surface area contributed by atoms with Crippen LogP contribution in [0.4, 0.5) is 4.39 Å². The highest BCUT2D eigenvalue weighted by Crippen LogP contribution is 2.22. The maximum Gasteiger partial charge on any atom is 0.242 e. The molecule has 0 bridgehead atoms. The van der Waals surface area contributed by atoms with Gasteiger partial charge in [-0.1, -0.05) is 6.07 Å². The van der Waals surface area contributed by atoms with Crippen molar-refractivity contribution in [1.29, 1.82) is 5.26 Å². The van der Waals surface area contributed by atoms with Crippen molar-refractivity contribution < 1.29 is 12.8 Å². The maximum absolute atomic E-state index is 13.5. The number of sulfonamides is 1. The van der Waals surface area contributed by atoms with E-state index in [1.165, 1.54) is 12.1 Å². The van der Waals surface area contributed by atoms with Crippen molar-refractivity contribution in [3.8, 4) is 6.07 Å². The standard InChI is InChI=1S/C13H16FN3O2S/c14-12-2-1-3-13(11(12)8-15)20(18,19)17-10-6-4-9(16)5-7-10/h1-3,9-10,17H,4-7,16H2. The van der Waals surface area contributed by atoms with Gasteiger partial charge in [0.2, 0.25) is 10.0 Å². The van der Waals surface area contributed by atoms with Crippen LogP contribution in [0.15, 0.2) is 23.1 Å². The Kier molecular flexibility index (Phi) is 4.38. The van der Waals surface area contributed by atoms with Gasteiger partial charge in [0, 0.05) is 12.1 Å². The molecule has 5 nitrogen and oxygen atoms in total. The molecule has 0 amide bonds. The van der Waals surface area contributed by atoms with Crippen LogP contribution in [0.5, 0.6) is 0 Å². The molecule has 1 aromatic carbocycles. The Morgan fingerprint density at radius 2 is 1.95 bits per heavy atom. The number of halogens is 1. The van der Waals surface area contributed by atoms with Gasteiger partial charge in [-0.25, -0.2) is 17.5 Å². The molecule has 0 radical (unpaired) electrons. The molecule has 20 heavy (non-hydrogen) atoms. The average Bonchev–Trinajstić information content (AvgIpc) is 2.41. The third kappa shape index (κ3) is 3.15. The number of nitrogens with zero attached hydrogens (tertiary/aromatic N) is 1. The van der Waals surface area contributed by atoms with Gasteiger partial charge in [-0.3, -0.25) is 0 Å². The van der Waals surface area contributed by atoms with Crippen LogP contribution in [-0.2, 0) is 10.0 Å². The van der Waals surface area contributed by atoms with E-state index in [0.29, 0.717) is 12.8 Å². The summed E-state index contributed by atoms with van der Waals surface area (Å²) in [6.07, 6.45) is 2.80. The lowest BCUT2D eigenvalue weighted by Gasteiger charge is -2.26. The predicted octanol–water partition coefficient (Wildman–Crippen LogP) is 1.25. The number of nitriles is 1. The fourth-order valence-electron chi connectivity index (χ4n) is 2.36. The number of rotatable bonds is 3. The summed E-state index contributed by atoms with van der Waals surface area (Å²) >= 11 is 0. The summed E-state index contributed by atoms with van der Waals surface area (Å²) in [7, 11) is -3.90. The molecule has 0 saturated heterocycles. The SMILES string of the molecule is N#Cc1c(F)cccc1S(=O)(=O)NC1CCC(N)CC1. The summed E-state index contributed by atoms with van der Waals surface area (Å²) in [5.41, 5.74) is 5.32. The first-order chi connectivity index (χ1) is 9.44. The van der Waals surface area contributed by atoms with Crippen LogP contribution in [0.25, 0.3) is 0 Å². The Labute approximate surface area is 117 Å². The maximum atomic E-state index is 13.5. The van der Waals surface area contributed by atoms with Crippen molar-refractivity contribution in [2.24, 2.45) is 5.73 Å². The molecule has 0 heterocycles. The lowest BCUT2D eigenvalue weighted by molar-refractivity contribution is 0.373. The molecular formula is C13H16FN3O2S. The molecule has 7 heteroatoms. The zero-order valence-electron chi connectivity index (χ0n) is 10.8. The normalized spacial score (nSPS) is 23.2. The predicted molar refractivity (Wildman–Crippen MR) is 71.7 cm³/mol. The summed E-state index contributed by atoms with van der Waals surface area (Å²) in [4.78, 5) is -0.310. The molecule has 0 aliphatic heterocycles. The number of nitrogens with one attached hydrogen (secondary N) is 1. The Morgan fingerprint density at radius 3 is 2.55 bits per heavy atom. The first-order valence-electron chi connectivity index (χ1n) is 6.40. The molecular weight excluding hydrogens is 281 g/mol. The topological polar surface area (TPSA) is 96.0 Å². The van der Waals surface area contributed by atoms with E-state index in [2.05, 4.69) is 4.72 Å². The summed E-state index contributed by atoms with van der Waals surface area (Å²) in [5.74, 6) is -0.832. The second-order valence-electron chi connectivity index (χ2n) is 4.96. The second kappa shape index (κ2) is 5.87. The molecule has 108 valence electrons. The van der Waals surface area contributed by atoms with Crippen LogP contribution in [0.1, 0.15) is 31.2 Å². The van der Waals surface area contributed by atoms with Crippen LogP contribution in [0.2, 0.25) is 0 Å². The number of hydrogen-bond donors (Lipinski definition) is 2. The van der Waals surface area contributed by atoms with Crippen LogP contribution in [0, 0.1) is 17.1 Å². The van der Waals surface area contributed by atoms with Crippen molar-refractivity contribution in [3.63, 3.8) is 0 Å². The van der Waals surface area contributed by atoms with Crippen LogP contribution in [-0.4, -0.2) is 20.5 Å². The summed E-state index contributed by atoms with van der Waals surface area (Å²) in [6.45, 7) is 0. The molecule has 3 N–H and O–H groups in total. The van der Waals surface area contributed by atoms with E-state index in [0.717, 1.165) is 18.9 Å². The van der Waals surface area contributed by atoms with Gasteiger partial charge in [-0.15, -0.1) is 0 Å². The van der Waals surface area contributed by atoms with Crippen LogP contribution in [0.3, 0.4) is 0 Å². The van der Waals surface area contributed by atoms with Crippen LogP contribution < -0.4 is 10.5 Å². The van der Waals surface area contributed by atoms with Gasteiger partial charge in [-0.05, 0) is 37.8 Å². The molecule has 1 aromatic rings. The molecule has 1 saturated carbocycles. The average molecular weight is 297 g/mol. The molecule has 1 aliphatic rings.